The van der Waals surface area contributed by atoms with Crippen LogP contribution in [0.3, 0.4) is 0 Å². The molecule has 1 fully saturated rings. The topological polar surface area (TPSA) is 58.6 Å². The zero-order chi connectivity index (χ0) is 25.7. The smallest absolute Gasteiger partial charge is 0.251 e. The third kappa shape index (κ3) is 6.42. The molecule has 0 radical (unpaired) electrons. The molecular formula is C29H31ClN2O3S. The standard InChI is InChI=1S/C29H31ClN2O3S/c1-19(2)16-26(21-10-14-25(35-3)15-11-21)31-28(34)22-6-8-23(9-7-22)29-32(27(33)18-36-29)17-20-4-12-24(30)13-5-20/h4-15,19,26,29H,16-18H2,1-3H3,(H,31,34). The van der Waals surface area contributed by atoms with Crippen LogP contribution in [0.4, 0.5) is 0 Å². The molecule has 7 heteroatoms. The van der Waals surface area contributed by atoms with Crippen molar-refractivity contribution < 1.29 is 14.3 Å². The van der Waals surface area contributed by atoms with Crippen LogP contribution in [0, 0.1) is 5.92 Å². The third-order valence-electron chi connectivity index (χ3n) is 6.22. The molecule has 3 aromatic rings. The summed E-state index contributed by atoms with van der Waals surface area (Å²) in [5.74, 6) is 1.65. The summed E-state index contributed by atoms with van der Waals surface area (Å²) in [7, 11) is 1.64. The van der Waals surface area contributed by atoms with E-state index in [1.54, 1.807) is 18.9 Å². The van der Waals surface area contributed by atoms with E-state index in [2.05, 4.69) is 19.2 Å². The van der Waals surface area contributed by atoms with Gasteiger partial charge in [-0.05, 0) is 65.4 Å². The Morgan fingerprint density at radius 2 is 1.72 bits per heavy atom. The first-order valence-electron chi connectivity index (χ1n) is 12.0. The van der Waals surface area contributed by atoms with Gasteiger partial charge in [0.2, 0.25) is 5.91 Å². The molecule has 0 saturated carbocycles. The molecule has 1 N–H and O–H groups in total. The Balaban J connectivity index is 1.46. The van der Waals surface area contributed by atoms with E-state index >= 15 is 0 Å². The summed E-state index contributed by atoms with van der Waals surface area (Å²) in [6.07, 6.45) is 0.830. The fourth-order valence-electron chi connectivity index (χ4n) is 4.31. The van der Waals surface area contributed by atoms with Gasteiger partial charge in [0.05, 0.1) is 18.9 Å². The normalized spacial score (nSPS) is 16.3. The molecule has 0 aliphatic carbocycles. The minimum Gasteiger partial charge on any atom is -0.497 e. The summed E-state index contributed by atoms with van der Waals surface area (Å²) in [6, 6.07) is 22.9. The van der Waals surface area contributed by atoms with Crippen LogP contribution < -0.4 is 10.1 Å². The first-order chi connectivity index (χ1) is 17.3. The number of nitrogens with one attached hydrogen (secondary N) is 1. The quantitative estimate of drug-likeness (QED) is 0.342. The highest BCUT2D eigenvalue weighted by molar-refractivity contribution is 8.00. The molecule has 0 bridgehead atoms. The van der Waals surface area contributed by atoms with E-state index in [4.69, 9.17) is 16.3 Å². The number of carbonyl (C=O) groups is 2. The maximum atomic E-state index is 13.1. The number of hydrogen-bond acceptors (Lipinski definition) is 4. The second-order valence-corrected chi connectivity index (χ2v) is 10.9. The van der Waals surface area contributed by atoms with Gasteiger partial charge in [-0.3, -0.25) is 9.59 Å². The molecule has 36 heavy (non-hydrogen) atoms. The zero-order valence-corrected chi connectivity index (χ0v) is 22.3. The summed E-state index contributed by atoms with van der Waals surface area (Å²) in [5, 5.41) is 3.79. The van der Waals surface area contributed by atoms with Crippen molar-refractivity contribution >= 4 is 35.2 Å². The van der Waals surface area contributed by atoms with Gasteiger partial charge in [-0.15, -0.1) is 11.8 Å². The van der Waals surface area contributed by atoms with Gasteiger partial charge < -0.3 is 15.0 Å². The fourth-order valence-corrected chi connectivity index (χ4v) is 5.63. The number of halogens is 1. The molecule has 2 amide bonds. The van der Waals surface area contributed by atoms with Gasteiger partial charge >= 0.3 is 0 Å². The predicted molar refractivity (Wildman–Crippen MR) is 146 cm³/mol. The third-order valence-corrected chi connectivity index (χ3v) is 7.73. The minimum absolute atomic E-state index is 0.0849. The monoisotopic (exact) mass is 522 g/mol. The lowest BCUT2D eigenvalue weighted by Gasteiger charge is -2.25. The highest BCUT2D eigenvalue weighted by Gasteiger charge is 2.32. The van der Waals surface area contributed by atoms with Crippen molar-refractivity contribution in [3.63, 3.8) is 0 Å². The first-order valence-corrected chi connectivity index (χ1v) is 13.5. The zero-order valence-electron chi connectivity index (χ0n) is 20.7. The molecular weight excluding hydrogens is 492 g/mol. The van der Waals surface area contributed by atoms with Gasteiger partial charge in [-0.25, -0.2) is 0 Å². The minimum atomic E-state index is -0.115. The molecule has 3 aromatic carbocycles. The van der Waals surface area contributed by atoms with Crippen LogP contribution in [0.1, 0.15) is 58.7 Å². The van der Waals surface area contributed by atoms with E-state index in [9.17, 15) is 9.59 Å². The molecule has 1 heterocycles. The number of thioether (sulfide) groups is 1. The van der Waals surface area contributed by atoms with Crippen LogP contribution in [-0.2, 0) is 11.3 Å². The number of rotatable bonds is 9. The second kappa shape index (κ2) is 11.8. The van der Waals surface area contributed by atoms with Gasteiger partial charge in [0, 0.05) is 17.1 Å². The first kappa shape index (κ1) is 26.1. The van der Waals surface area contributed by atoms with Gasteiger partial charge in [0.25, 0.3) is 5.91 Å². The summed E-state index contributed by atoms with van der Waals surface area (Å²) >= 11 is 7.61. The summed E-state index contributed by atoms with van der Waals surface area (Å²) in [6.45, 7) is 4.82. The summed E-state index contributed by atoms with van der Waals surface area (Å²) in [4.78, 5) is 27.6. The molecule has 2 atom stereocenters. The number of hydrogen-bond donors (Lipinski definition) is 1. The number of carbonyl (C=O) groups excluding carboxylic acids is 2. The van der Waals surface area contributed by atoms with Gasteiger partial charge in [-0.2, -0.15) is 0 Å². The maximum Gasteiger partial charge on any atom is 0.251 e. The fraction of sp³-hybridized carbons (Fsp3) is 0.310. The Bertz CT molecular complexity index is 1180. The number of methoxy groups -OCH3 is 1. The van der Waals surface area contributed by atoms with Gasteiger partial charge in [-0.1, -0.05) is 61.8 Å². The SMILES string of the molecule is COc1ccc(C(CC(C)C)NC(=O)c2ccc(C3SCC(=O)N3Cc3ccc(Cl)cc3)cc2)cc1. The maximum absolute atomic E-state index is 13.1. The van der Waals surface area contributed by atoms with Crippen molar-refractivity contribution in [3.05, 3.63) is 100 Å². The van der Waals surface area contributed by atoms with Gasteiger partial charge in [0.15, 0.2) is 0 Å². The van der Waals surface area contributed by atoms with Crippen molar-refractivity contribution in [3.8, 4) is 5.75 Å². The lowest BCUT2D eigenvalue weighted by Crippen LogP contribution is -2.30. The molecule has 1 aliphatic heterocycles. The lowest BCUT2D eigenvalue weighted by molar-refractivity contribution is -0.128. The molecule has 2 unspecified atom stereocenters. The molecule has 188 valence electrons. The van der Waals surface area contributed by atoms with Crippen molar-refractivity contribution in [2.24, 2.45) is 5.92 Å². The van der Waals surface area contributed by atoms with E-state index in [0.29, 0.717) is 28.8 Å². The van der Waals surface area contributed by atoms with Crippen LogP contribution >= 0.6 is 23.4 Å². The van der Waals surface area contributed by atoms with Crippen LogP contribution in [0.2, 0.25) is 5.02 Å². The second-order valence-electron chi connectivity index (χ2n) is 9.36. The Kier molecular flexibility index (Phi) is 8.60. The molecule has 4 rings (SSSR count). The van der Waals surface area contributed by atoms with E-state index in [1.165, 1.54) is 0 Å². The molecule has 5 nitrogen and oxygen atoms in total. The Labute approximate surface area is 222 Å². The number of nitrogens with zero attached hydrogens (tertiary/aromatic N) is 1. The van der Waals surface area contributed by atoms with Crippen molar-refractivity contribution in [1.29, 1.82) is 0 Å². The van der Waals surface area contributed by atoms with Crippen LogP contribution in [0.15, 0.2) is 72.8 Å². The number of benzene rings is 3. The number of ether oxygens (including phenoxy) is 1. The van der Waals surface area contributed by atoms with Gasteiger partial charge in [0.1, 0.15) is 11.1 Å². The van der Waals surface area contributed by atoms with E-state index in [-0.39, 0.29) is 23.2 Å². The van der Waals surface area contributed by atoms with E-state index in [0.717, 1.165) is 28.9 Å². The predicted octanol–water partition coefficient (Wildman–Crippen LogP) is 6.64. The van der Waals surface area contributed by atoms with Crippen molar-refractivity contribution in [2.45, 2.75) is 38.2 Å². The largest absolute Gasteiger partial charge is 0.497 e. The number of amides is 2. The highest BCUT2D eigenvalue weighted by Crippen LogP contribution is 2.39. The Morgan fingerprint density at radius 3 is 2.33 bits per heavy atom. The van der Waals surface area contributed by atoms with Crippen molar-refractivity contribution in [1.82, 2.24) is 10.2 Å². The molecule has 1 aliphatic rings. The average Bonchev–Trinajstić information content (AvgIpc) is 3.24. The average molecular weight is 523 g/mol. The lowest BCUT2D eigenvalue weighted by atomic mass is 9.96. The van der Waals surface area contributed by atoms with E-state index < -0.39 is 0 Å². The Hall–Kier alpha value is -2.96. The summed E-state index contributed by atoms with van der Waals surface area (Å²) in [5.41, 5.74) is 3.68. The molecule has 0 spiro atoms. The van der Waals surface area contributed by atoms with Crippen molar-refractivity contribution in [2.75, 3.05) is 12.9 Å². The van der Waals surface area contributed by atoms with Crippen LogP contribution in [-0.4, -0.2) is 29.6 Å². The van der Waals surface area contributed by atoms with Crippen LogP contribution in [0.5, 0.6) is 5.75 Å². The Morgan fingerprint density at radius 1 is 1.06 bits per heavy atom. The molecule has 0 aromatic heterocycles. The summed E-state index contributed by atoms with van der Waals surface area (Å²) < 4.78 is 5.27. The highest BCUT2D eigenvalue weighted by atomic mass is 35.5. The molecule has 1 saturated heterocycles. The van der Waals surface area contributed by atoms with Crippen LogP contribution in [0.25, 0.3) is 0 Å². The van der Waals surface area contributed by atoms with E-state index in [1.807, 2.05) is 77.7 Å².